The lowest BCUT2D eigenvalue weighted by molar-refractivity contribution is -0.145. The predicted octanol–water partition coefficient (Wildman–Crippen LogP) is 1.07. The Morgan fingerprint density at radius 2 is 1.75 bits per heavy atom. The molecule has 0 heterocycles. The Balaban J connectivity index is 2.75. The first-order chi connectivity index (χ1) is 9.31. The normalized spacial score (nSPS) is 11.5. The molecule has 1 atom stereocenters. The van der Waals surface area contributed by atoms with Gasteiger partial charge in [-0.2, -0.15) is 0 Å². The molecule has 7 heteroatoms. The van der Waals surface area contributed by atoms with Crippen LogP contribution in [0.3, 0.4) is 0 Å². The van der Waals surface area contributed by atoms with Crippen molar-refractivity contribution in [3.8, 4) is 0 Å². The Bertz CT molecular complexity index is 512. The van der Waals surface area contributed by atoms with E-state index in [4.69, 9.17) is 10.2 Å². The topological polar surface area (TPSA) is 107 Å². The van der Waals surface area contributed by atoms with E-state index in [2.05, 4.69) is 5.32 Å². The molecule has 2 amide bonds. The van der Waals surface area contributed by atoms with Crippen molar-refractivity contribution < 1.29 is 24.6 Å². The van der Waals surface area contributed by atoms with Crippen LogP contribution in [0, 0.1) is 6.92 Å². The van der Waals surface area contributed by atoms with E-state index in [-0.39, 0.29) is 0 Å². The van der Waals surface area contributed by atoms with Gasteiger partial charge >= 0.3 is 18.0 Å². The quantitative estimate of drug-likeness (QED) is 0.747. The monoisotopic (exact) mass is 280 g/mol. The Kier molecular flexibility index (Phi) is 5.08. The minimum atomic E-state index is -1.46. The fourth-order valence-corrected chi connectivity index (χ4v) is 1.51. The second-order valence-corrected chi connectivity index (χ2v) is 4.33. The van der Waals surface area contributed by atoms with Crippen molar-refractivity contribution >= 4 is 23.7 Å². The third-order valence-electron chi connectivity index (χ3n) is 2.70. The molecule has 0 radical (unpaired) electrons. The highest BCUT2D eigenvalue weighted by Crippen LogP contribution is 2.13. The van der Waals surface area contributed by atoms with Crippen molar-refractivity contribution in [2.75, 3.05) is 11.9 Å². The number of carboxylic acids is 2. The molecule has 1 aromatic rings. The van der Waals surface area contributed by atoms with Gasteiger partial charge in [0.15, 0.2) is 0 Å². The van der Waals surface area contributed by atoms with Crippen LogP contribution >= 0.6 is 0 Å². The summed E-state index contributed by atoms with van der Waals surface area (Å²) in [5, 5.41) is 19.6. The van der Waals surface area contributed by atoms with Gasteiger partial charge < -0.3 is 15.5 Å². The number of rotatable bonds is 5. The molecule has 3 N–H and O–H groups in total. The number of amides is 2. The van der Waals surface area contributed by atoms with Crippen LogP contribution in [-0.2, 0) is 9.59 Å². The highest BCUT2D eigenvalue weighted by atomic mass is 16.4. The van der Waals surface area contributed by atoms with E-state index in [1.165, 1.54) is 11.9 Å². The van der Waals surface area contributed by atoms with Gasteiger partial charge in [0.2, 0.25) is 0 Å². The Morgan fingerprint density at radius 1 is 1.20 bits per heavy atom. The van der Waals surface area contributed by atoms with Gasteiger partial charge in [-0.05, 0) is 19.1 Å². The van der Waals surface area contributed by atoms with Crippen molar-refractivity contribution in [3.05, 3.63) is 29.8 Å². The maximum Gasteiger partial charge on any atom is 0.326 e. The summed E-state index contributed by atoms with van der Waals surface area (Å²) < 4.78 is 0. The molecule has 0 aliphatic heterocycles. The molecular weight excluding hydrogens is 264 g/mol. The molecule has 0 spiro atoms. The average molecular weight is 280 g/mol. The standard InChI is InChI=1S/C13H16N2O5/c1-8-3-5-9(6-4-8)15(2)13(20)14-10(12(18)19)7-11(16)17/h3-6,10H,7H2,1-2H3,(H,14,20)(H,16,17)(H,18,19)/t10-/m1/s1. The Morgan fingerprint density at radius 3 is 2.20 bits per heavy atom. The van der Waals surface area contributed by atoms with Gasteiger partial charge in [0.05, 0.1) is 6.42 Å². The van der Waals surface area contributed by atoms with E-state index in [9.17, 15) is 14.4 Å². The summed E-state index contributed by atoms with van der Waals surface area (Å²) in [6.07, 6.45) is -0.678. The fourth-order valence-electron chi connectivity index (χ4n) is 1.51. The molecule has 0 unspecified atom stereocenters. The molecule has 1 aromatic carbocycles. The summed E-state index contributed by atoms with van der Waals surface area (Å²) in [5.74, 6) is -2.69. The first kappa shape index (κ1) is 15.5. The smallest absolute Gasteiger partial charge is 0.326 e. The van der Waals surface area contributed by atoms with Gasteiger partial charge in [-0.15, -0.1) is 0 Å². The van der Waals surface area contributed by atoms with E-state index < -0.39 is 30.4 Å². The molecule has 0 aliphatic rings. The number of urea groups is 1. The summed E-state index contributed by atoms with van der Waals surface area (Å²) in [7, 11) is 1.47. The molecular formula is C13H16N2O5. The summed E-state index contributed by atoms with van der Waals surface area (Å²) in [6, 6.07) is 4.90. The fraction of sp³-hybridized carbons (Fsp3) is 0.308. The average Bonchev–Trinajstić information content (AvgIpc) is 2.37. The van der Waals surface area contributed by atoms with Gasteiger partial charge in [0.1, 0.15) is 6.04 Å². The van der Waals surface area contributed by atoms with Crippen LogP contribution in [0.15, 0.2) is 24.3 Å². The molecule has 0 fully saturated rings. The third-order valence-corrected chi connectivity index (χ3v) is 2.70. The number of hydrogen-bond acceptors (Lipinski definition) is 3. The van der Waals surface area contributed by atoms with Crippen molar-refractivity contribution in [2.45, 2.75) is 19.4 Å². The molecule has 108 valence electrons. The Labute approximate surface area is 115 Å². The third kappa shape index (κ3) is 4.27. The van der Waals surface area contributed by atoms with Gasteiger partial charge in [0, 0.05) is 12.7 Å². The second-order valence-electron chi connectivity index (χ2n) is 4.33. The lowest BCUT2D eigenvalue weighted by Gasteiger charge is -2.20. The molecule has 1 rings (SSSR count). The number of hydrogen-bond donors (Lipinski definition) is 3. The number of aryl methyl sites for hydroxylation is 1. The number of nitrogens with zero attached hydrogens (tertiary/aromatic N) is 1. The summed E-state index contributed by atoms with van der Waals surface area (Å²) >= 11 is 0. The highest BCUT2D eigenvalue weighted by molar-refractivity contribution is 5.94. The summed E-state index contributed by atoms with van der Waals surface area (Å²) in [5.41, 5.74) is 1.60. The van der Waals surface area contributed by atoms with E-state index in [1.54, 1.807) is 12.1 Å². The van der Waals surface area contributed by atoms with Crippen LogP contribution in [-0.4, -0.2) is 41.3 Å². The van der Waals surface area contributed by atoms with Gasteiger partial charge in [-0.1, -0.05) is 17.7 Å². The first-order valence-corrected chi connectivity index (χ1v) is 5.86. The predicted molar refractivity (Wildman–Crippen MR) is 71.8 cm³/mol. The van der Waals surface area contributed by atoms with Crippen LogP contribution < -0.4 is 10.2 Å². The zero-order valence-electron chi connectivity index (χ0n) is 11.2. The van der Waals surface area contributed by atoms with Crippen LogP contribution in [0.4, 0.5) is 10.5 Å². The van der Waals surface area contributed by atoms with Crippen molar-refractivity contribution in [1.29, 1.82) is 0 Å². The van der Waals surface area contributed by atoms with Gasteiger partial charge in [0.25, 0.3) is 0 Å². The van der Waals surface area contributed by atoms with Crippen molar-refractivity contribution in [3.63, 3.8) is 0 Å². The van der Waals surface area contributed by atoms with E-state index >= 15 is 0 Å². The first-order valence-electron chi connectivity index (χ1n) is 5.86. The maximum atomic E-state index is 11.9. The van der Waals surface area contributed by atoms with Gasteiger partial charge in [-0.3, -0.25) is 9.69 Å². The van der Waals surface area contributed by atoms with Crippen molar-refractivity contribution in [2.24, 2.45) is 0 Å². The minimum Gasteiger partial charge on any atom is -0.481 e. The number of benzene rings is 1. The number of aliphatic carboxylic acids is 2. The van der Waals surface area contributed by atoms with Crippen molar-refractivity contribution in [1.82, 2.24) is 5.32 Å². The molecule has 20 heavy (non-hydrogen) atoms. The lowest BCUT2D eigenvalue weighted by atomic mass is 10.2. The van der Waals surface area contributed by atoms with Crippen LogP contribution in [0.1, 0.15) is 12.0 Å². The lowest BCUT2D eigenvalue weighted by Crippen LogP contribution is -2.47. The molecule has 0 saturated carbocycles. The van der Waals surface area contributed by atoms with E-state index in [0.717, 1.165) is 5.56 Å². The van der Waals surface area contributed by atoms with E-state index in [0.29, 0.717) is 5.69 Å². The zero-order chi connectivity index (χ0) is 15.3. The van der Waals surface area contributed by atoms with Crippen LogP contribution in [0.2, 0.25) is 0 Å². The summed E-state index contributed by atoms with van der Waals surface area (Å²) in [6.45, 7) is 1.90. The highest BCUT2D eigenvalue weighted by Gasteiger charge is 2.24. The Hall–Kier alpha value is -2.57. The number of carbonyl (C=O) groups excluding carboxylic acids is 1. The minimum absolute atomic E-state index is 0.576. The number of nitrogens with one attached hydrogen (secondary N) is 1. The van der Waals surface area contributed by atoms with Crippen LogP contribution in [0.5, 0.6) is 0 Å². The summed E-state index contributed by atoms with van der Waals surface area (Å²) in [4.78, 5) is 34.5. The largest absolute Gasteiger partial charge is 0.481 e. The molecule has 0 aromatic heterocycles. The number of carboxylic acid groups (broad SMARTS) is 2. The van der Waals surface area contributed by atoms with Gasteiger partial charge in [-0.25, -0.2) is 9.59 Å². The SMILES string of the molecule is Cc1ccc(N(C)C(=O)N[C@H](CC(=O)O)C(=O)O)cc1. The molecule has 0 saturated heterocycles. The maximum absolute atomic E-state index is 11.9. The second kappa shape index (κ2) is 6.55. The number of anilines is 1. The molecule has 7 nitrogen and oxygen atoms in total. The zero-order valence-corrected chi connectivity index (χ0v) is 11.2. The molecule has 0 bridgehead atoms. The van der Waals surface area contributed by atoms with E-state index in [1.807, 2.05) is 19.1 Å². The number of carbonyl (C=O) groups is 3. The molecule has 0 aliphatic carbocycles. The van der Waals surface area contributed by atoms with Crippen LogP contribution in [0.25, 0.3) is 0 Å².